The van der Waals surface area contributed by atoms with Crippen LogP contribution in [0.3, 0.4) is 0 Å². The standard InChI is InChI=1S/C20H20N4O4S/c1-14(15-7-9-17(10-8-15)29(21,27)28)22-19(25)13-24-20(26)12-11-18(23-24)16-5-3-2-4-6-16/h2-12,14H,13H2,1H3,(H,22,25)(H2,21,27,28). The number of benzene rings is 2. The first kappa shape index (κ1) is 20.4. The van der Waals surface area contributed by atoms with Crippen LogP contribution in [-0.2, 0) is 21.4 Å². The van der Waals surface area contributed by atoms with Crippen molar-refractivity contribution in [2.75, 3.05) is 0 Å². The number of sulfonamides is 1. The Kier molecular flexibility index (Phi) is 5.90. The Labute approximate surface area is 168 Å². The van der Waals surface area contributed by atoms with Crippen LogP contribution in [0.5, 0.6) is 0 Å². The summed E-state index contributed by atoms with van der Waals surface area (Å²) in [6.07, 6.45) is 0. The van der Waals surface area contributed by atoms with E-state index in [1.807, 2.05) is 30.3 Å². The van der Waals surface area contributed by atoms with Crippen molar-refractivity contribution in [1.29, 1.82) is 0 Å². The summed E-state index contributed by atoms with van der Waals surface area (Å²) in [6.45, 7) is 1.51. The monoisotopic (exact) mass is 412 g/mol. The Morgan fingerprint density at radius 3 is 2.34 bits per heavy atom. The fraction of sp³-hybridized carbons (Fsp3) is 0.150. The minimum Gasteiger partial charge on any atom is -0.348 e. The van der Waals surface area contributed by atoms with E-state index in [0.29, 0.717) is 11.3 Å². The zero-order valence-corrected chi connectivity index (χ0v) is 16.5. The van der Waals surface area contributed by atoms with Crippen molar-refractivity contribution in [3.63, 3.8) is 0 Å². The van der Waals surface area contributed by atoms with Crippen molar-refractivity contribution in [3.8, 4) is 11.3 Å². The summed E-state index contributed by atoms with van der Waals surface area (Å²) in [5.41, 5.74) is 1.74. The molecule has 1 aromatic heterocycles. The van der Waals surface area contributed by atoms with E-state index >= 15 is 0 Å². The van der Waals surface area contributed by atoms with E-state index < -0.39 is 22.0 Å². The summed E-state index contributed by atoms with van der Waals surface area (Å²) < 4.78 is 23.8. The Bertz CT molecular complexity index is 1170. The van der Waals surface area contributed by atoms with Gasteiger partial charge in [-0.15, -0.1) is 0 Å². The molecule has 1 heterocycles. The summed E-state index contributed by atoms with van der Waals surface area (Å²) in [5.74, 6) is -0.396. The van der Waals surface area contributed by atoms with Crippen molar-refractivity contribution in [1.82, 2.24) is 15.1 Å². The highest BCUT2D eigenvalue weighted by Crippen LogP contribution is 2.16. The molecule has 1 atom stereocenters. The van der Waals surface area contributed by atoms with E-state index in [2.05, 4.69) is 10.4 Å². The van der Waals surface area contributed by atoms with E-state index in [1.54, 1.807) is 25.1 Å². The topological polar surface area (TPSA) is 124 Å². The summed E-state index contributed by atoms with van der Waals surface area (Å²) in [4.78, 5) is 24.5. The number of primary sulfonamides is 1. The molecule has 0 saturated heterocycles. The van der Waals surface area contributed by atoms with Gasteiger partial charge in [-0.1, -0.05) is 42.5 Å². The summed E-state index contributed by atoms with van der Waals surface area (Å²) in [6, 6.07) is 17.8. The highest BCUT2D eigenvalue weighted by atomic mass is 32.2. The van der Waals surface area contributed by atoms with E-state index in [4.69, 9.17) is 5.14 Å². The zero-order valence-electron chi connectivity index (χ0n) is 15.6. The molecule has 0 aliphatic rings. The van der Waals surface area contributed by atoms with Gasteiger partial charge in [0.15, 0.2) is 0 Å². The smallest absolute Gasteiger partial charge is 0.267 e. The van der Waals surface area contributed by atoms with Crippen molar-refractivity contribution >= 4 is 15.9 Å². The van der Waals surface area contributed by atoms with Gasteiger partial charge in [-0.05, 0) is 30.7 Å². The van der Waals surface area contributed by atoms with E-state index in [-0.39, 0.29) is 17.0 Å². The molecule has 9 heteroatoms. The third-order valence-corrected chi connectivity index (χ3v) is 5.24. The summed E-state index contributed by atoms with van der Waals surface area (Å²) in [5, 5.41) is 12.1. The minimum atomic E-state index is -3.77. The Morgan fingerprint density at radius 2 is 1.72 bits per heavy atom. The lowest BCUT2D eigenvalue weighted by Crippen LogP contribution is -2.34. The van der Waals surface area contributed by atoms with Crippen LogP contribution in [0, 0.1) is 0 Å². The van der Waals surface area contributed by atoms with Crippen LogP contribution >= 0.6 is 0 Å². The van der Waals surface area contributed by atoms with Gasteiger partial charge in [0.25, 0.3) is 5.56 Å². The van der Waals surface area contributed by atoms with Crippen molar-refractivity contribution in [3.05, 3.63) is 82.6 Å². The molecule has 2 aromatic carbocycles. The SMILES string of the molecule is CC(NC(=O)Cn1nc(-c2ccccc2)ccc1=O)c1ccc(S(N)(=O)=O)cc1. The number of carbonyl (C=O) groups excluding carboxylic acids is 1. The molecule has 0 bridgehead atoms. The molecule has 3 N–H and O–H groups in total. The molecular weight excluding hydrogens is 392 g/mol. The number of aromatic nitrogens is 2. The number of carbonyl (C=O) groups is 1. The maximum Gasteiger partial charge on any atom is 0.267 e. The van der Waals surface area contributed by atoms with Gasteiger partial charge in [-0.25, -0.2) is 18.2 Å². The molecule has 0 spiro atoms. The lowest BCUT2D eigenvalue weighted by molar-refractivity contribution is -0.122. The van der Waals surface area contributed by atoms with Crippen LogP contribution in [0.1, 0.15) is 18.5 Å². The molecule has 0 radical (unpaired) electrons. The molecule has 29 heavy (non-hydrogen) atoms. The van der Waals surface area contributed by atoms with Crippen LogP contribution in [-0.4, -0.2) is 24.1 Å². The lowest BCUT2D eigenvalue weighted by atomic mass is 10.1. The average molecular weight is 412 g/mol. The first-order valence-electron chi connectivity index (χ1n) is 8.80. The summed E-state index contributed by atoms with van der Waals surface area (Å²) in [7, 11) is -3.77. The quantitative estimate of drug-likeness (QED) is 0.634. The Hall–Kier alpha value is -3.30. The van der Waals surface area contributed by atoms with Crippen molar-refractivity contribution < 1.29 is 13.2 Å². The maximum atomic E-state index is 12.4. The fourth-order valence-corrected chi connectivity index (χ4v) is 3.29. The second-order valence-corrected chi connectivity index (χ2v) is 8.05. The normalized spacial score (nSPS) is 12.3. The van der Waals surface area contributed by atoms with Crippen molar-refractivity contribution in [2.24, 2.45) is 5.14 Å². The number of hydrogen-bond acceptors (Lipinski definition) is 5. The van der Waals surface area contributed by atoms with Gasteiger partial charge in [-0.2, -0.15) is 5.10 Å². The van der Waals surface area contributed by atoms with Crippen LogP contribution < -0.4 is 16.0 Å². The van der Waals surface area contributed by atoms with Crippen molar-refractivity contribution in [2.45, 2.75) is 24.4 Å². The van der Waals surface area contributed by atoms with Crippen LogP contribution in [0.25, 0.3) is 11.3 Å². The average Bonchev–Trinajstić information content (AvgIpc) is 2.69. The van der Waals surface area contributed by atoms with Gasteiger partial charge in [0.1, 0.15) is 6.54 Å². The van der Waals surface area contributed by atoms with E-state index in [0.717, 1.165) is 10.2 Å². The van der Waals surface area contributed by atoms with Gasteiger partial charge in [0, 0.05) is 11.6 Å². The first-order valence-corrected chi connectivity index (χ1v) is 10.3. The number of nitrogens with one attached hydrogen (secondary N) is 1. The number of nitrogens with zero attached hydrogens (tertiary/aromatic N) is 2. The zero-order chi connectivity index (χ0) is 21.0. The van der Waals surface area contributed by atoms with Gasteiger partial charge in [0.05, 0.1) is 16.6 Å². The number of rotatable bonds is 6. The van der Waals surface area contributed by atoms with Gasteiger partial charge >= 0.3 is 0 Å². The van der Waals surface area contributed by atoms with Crippen LogP contribution in [0.4, 0.5) is 0 Å². The number of nitrogens with two attached hydrogens (primary N) is 1. The third kappa shape index (κ3) is 5.15. The molecule has 150 valence electrons. The Balaban J connectivity index is 1.71. The fourth-order valence-electron chi connectivity index (χ4n) is 2.78. The Morgan fingerprint density at radius 1 is 1.07 bits per heavy atom. The highest BCUT2D eigenvalue weighted by Gasteiger charge is 2.14. The predicted molar refractivity (Wildman–Crippen MR) is 108 cm³/mol. The van der Waals surface area contributed by atoms with Crippen LogP contribution in [0.2, 0.25) is 0 Å². The number of hydrogen-bond donors (Lipinski definition) is 2. The minimum absolute atomic E-state index is 0.00624. The molecule has 0 aliphatic carbocycles. The first-order chi connectivity index (χ1) is 13.7. The second-order valence-electron chi connectivity index (χ2n) is 6.48. The lowest BCUT2D eigenvalue weighted by Gasteiger charge is -2.15. The molecule has 8 nitrogen and oxygen atoms in total. The molecule has 3 aromatic rings. The molecule has 0 aliphatic heterocycles. The molecule has 0 fully saturated rings. The predicted octanol–water partition coefficient (Wildman–Crippen LogP) is 1.44. The van der Waals surface area contributed by atoms with Gasteiger partial charge in [-0.3, -0.25) is 9.59 Å². The molecule has 3 rings (SSSR count). The molecule has 1 unspecified atom stereocenters. The largest absolute Gasteiger partial charge is 0.348 e. The maximum absolute atomic E-state index is 12.4. The molecule has 0 saturated carbocycles. The van der Waals surface area contributed by atoms with E-state index in [1.165, 1.54) is 18.2 Å². The third-order valence-electron chi connectivity index (χ3n) is 4.32. The second kappa shape index (κ2) is 8.38. The van der Waals surface area contributed by atoms with Crippen LogP contribution in [0.15, 0.2) is 76.4 Å². The van der Waals surface area contributed by atoms with Gasteiger partial charge in [0.2, 0.25) is 15.9 Å². The van der Waals surface area contributed by atoms with E-state index in [9.17, 15) is 18.0 Å². The number of amides is 1. The summed E-state index contributed by atoms with van der Waals surface area (Å²) >= 11 is 0. The van der Waals surface area contributed by atoms with Gasteiger partial charge < -0.3 is 5.32 Å². The highest BCUT2D eigenvalue weighted by molar-refractivity contribution is 7.89. The molecular formula is C20H20N4O4S. The molecule has 1 amide bonds.